The van der Waals surface area contributed by atoms with E-state index in [2.05, 4.69) is 29.3 Å². The van der Waals surface area contributed by atoms with Crippen molar-refractivity contribution >= 4 is 23.4 Å². The predicted molar refractivity (Wildman–Crippen MR) is 82.2 cm³/mol. The molecule has 6 heteroatoms. The summed E-state index contributed by atoms with van der Waals surface area (Å²) in [4.78, 5) is 5.48. The minimum Gasteiger partial charge on any atom is -0.339 e. The standard InChI is InChI=1S/C14H18ClN3OS/c1-10(2)16-7-6-14-17-13(18-19-14)9-20-12-5-3-4-11(15)8-12/h3-5,8,10,16H,6-7,9H2,1-2H3. The Morgan fingerprint density at radius 3 is 3.00 bits per heavy atom. The molecule has 4 nitrogen and oxygen atoms in total. The second-order valence-electron chi connectivity index (χ2n) is 4.71. The van der Waals surface area contributed by atoms with Crippen LogP contribution in [0.5, 0.6) is 0 Å². The number of aromatic nitrogens is 2. The van der Waals surface area contributed by atoms with E-state index in [0.29, 0.717) is 17.7 Å². The average Bonchev–Trinajstić information content (AvgIpc) is 2.84. The van der Waals surface area contributed by atoms with E-state index in [-0.39, 0.29) is 0 Å². The Balaban J connectivity index is 1.80. The zero-order valence-electron chi connectivity index (χ0n) is 11.6. The van der Waals surface area contributed by atoms with Crippen molar-refractivity contribution in [2.24, 2.45) is 0 Å². The molecule has 108 valence electrons. The van der Waals surface area contributed by atoms with Gasteiger partial charge in [-0.25, -0.2) is 0 Å². The zero-order chi connectivity index (χ0) is 14.4. The molecule has 0 aliphatic rings. The molecule has 1 aromatic heterocycles. The van der Waals surface area contributed by atoms with Gasteiger partial charge in [0.05, 0.1) is 5.75 Å². The van der Waals surface area contributed by atoms with Crippen LogP contribution in [0.25, 0.3) is 0 Å². The molecule has 0 saturated heterocycles. The van der Waals surface area contributed by atoms with Crippen molar-refractivity contribution < 1.29 is 4.52 Å². The molecule has 0 saturated carbocycles. The van der Waals surface area contributed by atoms with E-state index in [1.165, 1.54) is 0 Å². The number of rotatable bonds is 7. The number of thioether (sulfide) groups is 1. The van der Waals surface area contributed by atoms with Gasteiger partial charge in [-0.2, -0.15) is 4.98 Å². The molecule has 0 amide bonds. The minimum atomic E-state index is 0.468. The van der Waals surface area contributed by atoms with Crippen molar-refractivity contribution in [1.82, 2.24) is 15.5 Å². The maximum absolute atomic E-state index is 5.94. The summed E-state index contributed by atoms with van der Waals surface area (Å²) in [5.41, 5.74) is 0. The monoisotopic (exact) mass is 311 g/mol. The quantitative estimate of drug-likeness (QED) is 0.792. The van der Waals surface area contributed by atoms with Gasteiger partial charge in [0.2, 0.25) is 5.89 Å². The highest BCUT2D eigenvalue weighted by Crippen LogP contribution is 2.24. The Labute approximate surface area is 128 Å². The first kappa shape index (κ1) is 15.4. The molecule has 0 unspecified atom stereocenters. The maximum atomic E-state index is 5.94. The van der Waals surface area contributed by atoms with E-state index in [9.17, 15) is 0 Å². The van der Waals surface area contributed by atoms with E-state index >= 15 is 0 Å². The van der Waals surface area contributed by atoms with Crippen LogP contribution in [0.4, 0.5) is 0 Å². The number of nitrogens with zero attached hydrogens (tertiary/aromatic N) is 2. The SMILES string of the molecule is CC(C)NCCc1nc(CSc2cccc(Cl)c2)no1. The highest BCUT2D eigenvalue weighted by Gasteiger charge is 2.07. The third-order valence-corrected chi connectivity index (χ3v) is 3.79. The van der Waals surface area contributed by atoms with Gasteiger partial charge in [-0.3, -0.25) is 0 Å². The molecular weight excluding hydrogens is 294 g/mol. The first-order valence-corrected chi connectivity index (χ1v) is 7.93. The molecule has 0 bridgehead atoms. The number of nitrogens with one attached hydrogen (secondary N) is 1. The smallest absolute Gasteiger partial charge is 0.227 e. The molecule has 0 atom stereocenters. The van der Waals surface area contributed by atoms with Gasteiger partial charge in [0.15, 0.2) is 5.82 Å². The summed E-state index contributed by atoms with van der Waals surface area (Å²) in [5.74, 6) is 2.08. The van der Waals surface area contributed by atoms with Gasteiger partial charge >= 0.3 is 0 Å². The first-order valence-electron chi connectivity index (χ1n) is 6.56. The van der Waals surface area contributed by atoms with Gasteiger partial charge < -0.3 is 9.84 Å². The third kappa shape index (κ3) is 5.15. The molecule has 2 aromatic rings. The highest BCUT2D eigenvalue weighted by molar-refractivity contribution is 7.98. The Hall–Kier alpha value is -1.04. The average molecular weight is 312 g/mol. The van der Waals surface area contributed by atoms with E-state index in [1.807, 2.05) is 24.3 Å². The molecule has 0 aliphatic carbocycles. The van der Waals surface area contributed by atoms with E-state index in [4.69, 9.17) is 16.1 Å². The molecule has 0 spiro atoms. The second kappa shape index (κ2) is 7.67. The molecule has 0 fully saturated rings. The fraction of sp³-hybridized carbons (Fsp3) is 0.429. The van der Waals surface area contributed by atoms with E-state index in [0.717, 1.165) is 28.7 Å². The Bertz CT molecular complexity index is 545. The van der Waals surface area contributed by atoms with Gasteiger partial charge in [-0.1, -0.05) is 36.7 Å². The summed E-state index contributed by atoms with van der Waals surface area (Å²) in [5, 5.41) is 8.04. The van der Waals surface area contributed by atoms with Gasteiger partial charge in [0, 0.05) is 28.9 Å². The summed E-state index contributed by atoms with van der Waals surface area (Å²) in [6.45, 7) is 5.07. The molecule has 1 heterocycles. The summed E-state index contributed by atoms with van der Waals surface area (Å²) in [6, 6.07) is 8.21. The summed E-state index contributed by atoms with van der Waals surface area (Å²) in [7, 11) is 0. The maximum Gasteiger partial charge on any atom is 0.227 e. The lowest BCUT2D eigenvalue weighted by Gasteiger charge is -2.04. The van der Waals surface area contributed by atoms with Crippen molar-refractivity contribution in [1.29, 1.82) is 0 Å². The van der Waals surface area contributed by atoms with Crippen molar-refractivity contribution in [2.75, 3.05) is 6.54 Å². The van der Waals surface area contributed by atoms with Crippen molar-refractivity contribution in [2.45, 2.75) is 37.0 Å². The second-order valence-corrected chi connectivity index (χ2v) is 6.19. The van der Waals surface area contributed by atoms with Crippen LogP contribution in [0, 0.1) is 0 Å². The highest BCUT2D eigenvalue weighted by atomic mass is 35.5. The van der Waals surface area contributed by atoms with Crippen LogP contribution in [0.2, 0.25) is 5.02 Å². The number of halogens is 1. The van der Waals surface area contributed by atoms with Crippen molar-refractivity contribution in [3.8, 4) is 0 Å². The van der Waals surface area contributed by atoms with Crippen LogP contribution in [0.1, 0.15) is 25.6 Å². The first-order chi connectivity index (χ1) is 9.63. The lowest BCUT2D eigenvalue weighted by atomic mass is 10.3. The van der Waals surface area contributed by atoms with Crippen molar-refractivity contribution in [3.05, 3.63) is 41.0 Å². The van der Waals surface area contributed by atoms with E-state index in [1.54, 1.807) is 11.8 Å². The van der Waals surface area contributed by atoms with E-state index < -0.39 is 0 Å². The largest absolute Gasteiger partial charge is 0.339 e. The van der Waals surface area contributed by atoms with Crippen LogP contribution in [-0.2, 0) is 12.2 Å². The van der Waals surface area contributed by atoms with Crippen LogP contribution >= 0.6 is 23.4 Å². The van der Waals surface area contributed by atoms with Gasteiger partial charge in [-0.05, 0) is 18.2 Å². The molecule has 20 heavy (non-hydrogen) atoms. The number of hydrogen-bond donors (Lipinski definition) is 1. The molecule has 0 radical (unpaired) electrons. The fourth-order valence-electron chi connectivity index (χ4n) is 1.62. The summed E-state index contributed by atoms with van der Waals surface area (Å²) >= 11 is 7.59. The van der Waals surface area contributed by atoms with Crippen LogP contribution < -0.4 is 5.32 Å². The lowest BCUT2D eigenvalue weighted by Crippen LogP contribution is -2.25. The summed E-state index contributed by atoms with van der Waals surface area (Å²) < 4.78 is 5.22. The van der Waals surface area contributed by atoms with Crippen LogP contribution in [0.3, 0.4) is 0 Å². The zero-order valence-corrected chi connectivity index (χ0v) is 13.2. The molecule has 2 rings (SSSR count). The third-order valence-electron chi connectivity index (χ3n) is 2.57. The summed E-state index contributed by atoms with van der Waals surface area (Å²) in [6.07, 6.45) is 0.757. The minimum absolute atomic E-state index is 0.468. The van der Waals surface area contributed by atoms with Gasteiger partial charge in [-0.15, -0.1) is 11.8 Å². The van der Waals surface area contributed by atoms with Crippen LogP contribution in [-0.4, -0.2) is 22.7 Å². The van der Waals surface area contributed by atoms with Crippen molar-refractivity contribution in [3.63, 3.8) is 0 Å². The lowest BCUT2D eigenvalue weighted by molar-refractivity contribution is 0.370. The molecular formula is C14H18ClN3OS. The normalized spacial score (nSPS) is 11.2. The number of hydrogen-bond acceptors (Lipinski definition) is 5. The Morgan fingerprint density at radius 2 is 2.25 bits per heavy atom. The molecule has 1 aromatic carbocycles. The Kier molecular flexibility index (Phi) is 5.88. The topological polar surface area (TPSA) is 51.0 Å². The van der Waals surface area contributed by atoms with Crippen LogP contribution in [0.15, 0.2) is 33.7 Å². The van der Waals surface area contributed by atoms with Gasteiger partial charge in [0.25, 0.3) is 0 Å². The molecule has 1 N–H and O–H groups in total. The number of benzene rings is 1. The Morgan fingerprint density at radius 1 is 1.40 bits per heavy atom. The van der Waals surface area contributed by atoms with Gasteiger partial charge in [0.1, 0.15) is 0 Å². The molecule has 0 aliphatic heterocycles. The fourth-order valence-corrected chi connectivity index (χ4v) is 2.68. The predicted octanol–water partition coefficient (Wildman–Crippen LogP) is 3.56.